The number of nitrogens with one attached hydrogen (secondary N) is 1. The minimum Gasteiger partial charge on any atom is -0.325 e. The van der Waals surface area contributed by atoms with Crippen molar-refractivity contribution >= 4 is 39.0 Å². The van der Waals surface area contributed by atoms with Gasteiger partial charge in [-0.3, -0.25) is 9.20 Å². The molecule has 1 N–H and O–H groups in total. The smallest absolute Gasteiger partial charge is 0.242 e. The van der Waals surface area contributed by atoms with Crippen LogP contribution in [0, 0.1) is 0 Å². The molecule has 0 spiro atoms. The van der Waals surface area contributed by atoms with Crippen LogP contribution in [0.4, 0.5) is 5.69 Å². The van der Waals surface area contributed by atoms with Crippen LogP contribution in [0.1, 0.15) is 6.92 Å². The fraction of sp³-hybridized carbons (Fsp3) is 0.235. The molecule has 0 aliphatic carbocycles. The second-order valence-electron chi connectivity index (χ2n) is 5.98. The lowest BCUT2D eigenvalue weighted by molar-refractivity contribution is -0.115. The van der Waals surface area contributed by atoms with E-state index in [-0.39, 0.29) is 10.8 Å². The molecule has 0 saturated heterocycles. The van der Waals surface area contributed by atoms with Crippen molar-refractivity contribution in [1.82, 2.24) is 18.9 Å². The van der Waals surface area contributed by atoms with Crippen molar-refractivity contribution in [2.45, 2.75) is 22.2 Å². The zero-order valence-corrected chi connectivity index (χ0v) is 16.7. The van der Waals surface area contributed by atoms with Gasteiger partial charge in [0.25, 0.3) is 0 Å². The number of benzene rings is 1. The molecule has 1 aromatic carbocycles. The maximum Gasteiger partial charge on any atom is 0.242 e. The van der Waals surface area contributed by atoms with E-state index in [1.165, 1.54) is 38.0 Å². The number of hydrogen-bond donors (Lipinski definition) is 1. The molecule has 1 amide bonds. The van der Waals surface area contributed by atoms with Gasteiger partial charge >= 0.3 is 0 Å². The first-order chi connectivity index (χ1) is 12.8. The highest BCUT2D eigenvalue weighted by atomic mass is 32.2. The number of pyridine rings is 1. The molecule has 3 rings (SSSR count). The number of rotatable bonds is 6. The van der Waals surface area contributed by atoms with Crippen molar-refractivity contribution < 1.29 is 13.2 Å². The third-order valence-corrected chi connectivity index (χ3v) is 6.68. The Balaban J connectivity index is 1.73. The van der Waals surface area contributed by atoms with Crippen LogP contribution in [0.2, 0.25) is 0 Å². The lowest BCUT2D eigenvalue weighted by Crippen LogP contribution is -2.24. The maximum atomic E-state index is 12.5. The van der Waals surface area contributed by atoms with E-state index < -0.39 is 15.3 Å². The number of carbonyl (C=O) groups excluding carboxylic acids is 1. The summed E-state index contributed by atoms with van der Waals surface area (Å²) in [5.74, 6) is -0.257. The zero-order chi connectivity index (χ0) is 19.6. The van der Waals surface area contributed by atoms with E-state index in [1.54, 1.807) is 23.5 Å². The summed E-state index contributed by atoms with van der Waals surface area (Å²) in [7, 11) is -0.645. The van der Waals surface area contributed by atoms with Crippen LogP contribution >= 0.6 is 11.8 Å². The van der Waals surface area contributed by atoms with Gasteiger partial charge in [-0.25, -0.2) is 12.7 Å². The van der Waals surface area contributed by atoms with Gasteiger partial charge < -0.3 is 5.32 Å². The second-order valence-corrected chi connectivity index (χ2v) is 9.44. The molecule has 0 fully saturated rings. The van der Waals surface area contributed by atoms with E-state index in [4.69, 9.17) is 0 Å². The van der Waals surface area contributed by atoms with Gasteiger partial charge in [0.15, 0.2) is 10.8 Å². The Labute approximate surface area is 161 Å². The molecule has 0 aliphatic heterocycles. The molecule has 0 bridgehead atoms. The van der Waals surface area contributed by atoms with Crippen LogP contribution in [0.5, 0.6) is 0 Å². The summed E-state index contributed by atoms with van der Waals surface area (Å²) >= 11 is 1.27. The van der Waals surface area contributed by atoms with Gasteiger partial charge in [-0.1, -0.05) is 23.9 Å². The molecule has 8 nitrogen and oxygen atoms in total. The predicted octanol–water partition coefficient (Wildman–Crippen LogP) is 2.10. The fourth-order valence-electron chi connectivity index (χ4n) is 2.30. The summed E-state index contributed by atoms with van der Waals surface area (Å²) in [6.45, 7) is 1.75. The molecular weight excluding hydrogens is 386 g/mol. The highest BCUT2D eigenvalue weighted by Gasteiger charge is 2.20. The quantitative estimate of drug-likeness (QED) is 0.631. The number of aromatic nitrogens is 3. The van der Waals surface area contributed by atoms with Crippen molar-refractivity contribution in [2.75, 3.05) is 19.4 Å². The van der Waals surface area contributed by atoms with Gasteiger partial charge in [0.1, 0.15) is 0 Å². The first-order valence-corrected chi connectivity index (χ1v) is 10.4. The first kappa shape index (κ1) is 19.3. The lowest BCUT2D eigenvalue weighted by atomic mass is 10.3. The van der Waals surface area contributed by atoms with Gasteiger partial charge in [-0.05, 0) is 37.3 Å². The van der Waals surface area contributed by atoms with Gasteiger partial charge in [0.2, 0.25) is 15.9 Å². The molecule has 1 atom stereocenters. The fourth-order valence-corrected chi connectivity index (χ4v) is 4.09. The van der Waals surface area contributed by atoms with Crippen molar-refractivity contribution in [3.8, 4) is 0 Å². The van der Waals surface area contributed by atoms with E-state index in [2.05, 4.69) is 15.5 Å². The summed E-state index contributed by atoms with van der Waals surface area (Å²) in [5.41, 5.74) is 1.12. The summed E-state index contributed by atoms with van der Waals surface area (Å²) in [5, 5.41) is 11.1. The average molecular weight is 406 g/mol. The van der Waals surface area contributed by atoms with E-state index in [0.29, 0.717) is 16.5 Å². The molecule has 27 heavy (non-hydrogen) atoms. The molecule has 0 unspecified atom stereocenters. The van der Waals surface area contributed by atoms with Crippen LogP contribution < -0.4 is 5.32 Å². The number of sulfonamides is 1. The SMILES string of the molecule is C[C@@H](Sc1nnc2ccccn12)C(=O)Nc1cccc(S(=O)(=O)N(C)C)c1. The van der Waals surface area contributed by atoms with Gasteiger partial charge in [0.05, 0.1) is 10.1 Å². The Morgan fingerprint density at radius 3 is 2.70 bits per heavy atom. The largest absolute Gasteiger partial charge is 0.325 e. The highest BCUT2D eigenvalue weighted by Crippen LogP contribution is 2.24. The predicted molar refractivity (Wildman–Crippen MR) is 104 cm³/mol. The molecular formula is C17H19N5O3S2. The number of amides is 1. The summed E-state index contributed by atoms with van der Waals surface area (Å²) in [6, 6.07) is 11.7. The molecule has 142 valence electrons. The molecule has 0 radical (unpaired) electrons. The van der Waals surface area contributed by atoms with Gasteiger partial charge in [-0.15, -0.1) is 10.2 Å². The van der Waals surface area contributed by atoms with Crippen molar-refractivity contribution in [3.05, 3.63) is 48.7 Å². The average Bonchev–Trinajstić information content (AvgIpc) is 3.05. The lowest BCUT2D eigenvalue weighted by Gasteiger charge is -2.14. The Morgan fingerprint density at radius 1 is 1.19 bits per heavy atom. The van der Waals surface area contributed by atoms with Gasteiger partial charge in [-0.2, -0.15) is 0 Å². The van der Waals surface area contributed by atoms with E-state index in [9.17, 15) is 13.2 Å². The van der Waals surface area contributed by atoms with Gasteiger partial charge in [0, 0.05) is 26.0 Å². The van der Waals surface area contributed by atoms with Crippen molar-refractivity contribution in [3.63, 3.8) is 0 Å². The molecule has 10 heteroatoms. The number of hydrogen-bond acceptors (Lipinski definition) is 6. The van der Waals surface area contributed by atoms with Crippen LogP contribution in [-0.4, -0.2) is 52.6 Å². The van der Waals surface area contributed by atoms with Crippen LogP contribution in [0.25, 0.3) is 5.65 Å². The second kappa shape index (κ2) is 7.67. The molecule has 3 aromatic rings. The summed E-state index contributed by atoms with van der Waals surface area (Å²) in [4.78, 5) is 12.6. The van der Waals surface area contributed by atoms with E-state index >= 15 is 0 Å². The highest BCUT2D eigenvalue weighted by molar-refractivity contribution is 8.00. The monoisotopic (exact) mass is 405 g/mol. The minimum atomic E-state index is -3.57. The number of carbonyl (C=O) groups is 1. The van der Waals surface area contributed by atoms with Crippen molar-refractivity contribution in [1.29, 1.82) is 0 Å². The Hall–Kier alpha value is -2.43. The summed E-state index contributed by atoms with van der Waals surface area (Å²) < 4.78 is 27.4. The normalized spacial score (nSPS) is 13.0. The number of anilines is 1. The molecule has 2 aromatic heterocycles. The zero-order valence-electron chi connectivity index (χ0n) is 15.0. The summed E-state index contributed by atoms with van der Waals surface area (Å²) in [6.07, 6.45) is 1.83. The van der Waals surface area contributed by atoms with Crippen LogP contribution in [0.15, 0.2) is 58.7 Å². The number of nitrogens with zero attached hydrogens (tertiary/aromatic N) is 4. The molecule has 0 saturated carbocycles. The van der Waals surface area contributed by atoms with Crippen LogP contribution in [0.3, 0.4) is 0 Å². The Kier molecular flexibility index (Phi) is 5.49. The minimum absolute atomic E-state index is 0.119. The first-order valence-electron chi connectivity index (χ1n) is 8.09. The van der Waals surface area contributed by atoms with Crippen molar-refractivity contribution in [2.24, 2.45) is 0 Å². The standard InChI is InChI=1S/C17H19N5O3S2/c1-12(26-17-20-19-15-9-4-5-10-22(15)17)16(23)18-13-7-6-8-14(11-13)27(24,25)21(2)3/h4-12H,1-3H3,(H,18,23)/t12-/m1/s1. The van der Waals surface area contributed by atoms with Crippen LogP contribution in [-0.2, 0) is 14.8 Å². The third-order valence-electron chi connectivity index (χ3n) is 3.81. The Bertz CT molecular complexity index is 1080. The molecule has 0 aliphatic rings. The third kappa shape index (κ3) is 4.12. The van der Waals surface area contributed by atoms with E-state index in [0.717, 1.165) is 4.31 Å². The number of thioether (sulfide) groups is 1. The molecule has 2 heterocycles. The number of fused-ring (bicyclic) bond motifs is 1. The Morgan fingerprint density at radius 2 is 1.96 bits per heavy atom. The maximum absolute atomic E-state index is 12.5. The topological polar surface area (TPSA) is 96.7 Å². The van der Waals surface area contributed by atoms with E-state index in [1.807, 2.05) is 24.4 Å².